The molecule has 6 aliphatic heterocycles. The fourth-order valence-corrected chi connectivity index (χ4v) is 11.1. The maximum atomic E-state index is 13.6. The van der Waals surface area contributed by atoms with Gasteiger partial charge in [0.15, 0.2) is 0 Å². The van der Waals surface area contributed by atoms with Crippen LogP contribution in [0.3, 0.4) is 0 Å². The number of piperazine rings is 2. The molecule has 6 fully saturated rings. The van der Waals surface area contributed by atoms with Crippen molar-refractivity contribution >= 4 is 58.3 Å². The van der Waals surface area contributed by atoms with Crippen molar-refractivity contribution in [3.05, 3.63) is 79.1 Å². The molecular formula is C46H54Cl2F6N14O6. The Balaban J connectivity index is 0.000000182. The Bertz CT molecular complexity index is 2530. The number of halogens is 8. The number of alkyl halides is 6. The molecule has 74 heavy (non-hydrogen) atoms. The minimum absolute atomic E-state index is 0.0104. The van der Waals surface area contributed by atoms with Gasteiger partial charge in [-0.2, -0.15) is 36.5 Å². The Labute approximate surface area is 429 Å². The van der Waals surface area contributed by atoms with Gasteiger partial charge in [-0.3, -0.25) is 19.2 Å². The molecule has 400 valence electrons. The molecule has 6 aliphatic rings. The Hall–Kier alpha value is -5.86. The second kappa shape index (κ2) is 22.5. The van der Waals surface area contributed by atoms with Crippen molar-refractivity contribution in [3.8, 4) is 0 Å². The van der Waals surface area contributed by atoms with Crippen molar-refractivity contribution < 1.29 is 45.4 Å². The highest BCUT2D eigenvalue weighted by molar-refractivity contribution is 6.30. The molecule has 4 aromatic rings. The third-order valence-electron chi connectivity index (χ3n) is 14.4. The number of hydrogen-bond acceptors (Lipinski definition) is 16. The monoisotopic (exact) mass is 1080 g/mol. The summed E-state index contributed by atoms with van der Waals surface area (Å²) in [5.74, 6) is 1.13. The first-order valence-electron chi connectivity index (χ1n) is 24.6. The molecule has 4 aromatic heterocycles. The maximum absolute atomic E-state index is 13.6. The molecule has 2 amide bonds. The number of anilines is 4. The van der Waals surface area contributed by atoms with Crippen LogP contribution in [0.25, 0.3) is 0 Å². The van der Waals surface area contributed by atoms with E-state index in [4.69, 9.17) is 32.7 Å². The van der Waals surface area contributed by atoms with Gasteiger partial charge in [0.25, 0.3) is 11.1 Å². The second-order valence-corrected chi connectivity index (χ2v) is 19.9. The van der Waals surface area contributed by atoms with Gasteiger partial charge in [0.05, 0.1) is 108 Å². The normalized spacial score (nSPS) is 24.6. The second-order valence-electron chi connectivity index (χ2n) is 19.0. The third-order valence-corrected chi connectivity index (χ3v) is 14.8. The van der Waals surface area contributed by atoms with Crippen molar-refractivity contribution in [2.75, 3.05) is 85.0 Å². The van der Waals surface area contributed by atoms with Crippen LogP contribution in [0.5, 0.6) is 0 Å². The average molecular weight is 1080 g/mol. The number of rotatable bonds is 10. The summed E-state index contributed by atoms with van der Waals surface area (Å²) in [6.07, 6.45) is 3.13. The van der Waals surface area contributed by atoms with E-state index in [1.54, 1.807) is 19.6 Å². The summed E-state index contributed by atoms with van der Waals surface area (Å²) in [4.78, 5) is 77.5. The molecule has 2 N–H and O–H groups in total. The van der Waals surface area contributed by atoms with Crippen LogP contribution in [0.1, 0.15) is 75.3 Å². The zero-order chi connectivity index (χ0) is 52.3. The number of nitrogens with one attached hydrogen (secondary N) is 2. The first kappa shape index (κ1) is 53.0. The molecule has 6 saturated heterocycles. The molecule has 0 aliphatic carbocycles. The zero-order valence-electron chi connectivity index (χ0n) is 39.9. The maximum Gasteiger partial charge on any atom is 0.423 e. The van der Waals surface area contributed by atoms with Crippen LogP contribution in [-0.2, 0) is 31.4 Å². The number of amides is 2. The highest BCUT2D eigenvalue weighted by Crippen LogP contribution is 2.41. The van der Waals surface area contributed by atoms with Gasteiger partial charge in [-0.05, 0) is 51.4 Å². The Morgan fingerprint density at radius 1 is 0.541 bits per heavy atom. The third kappa shape index (κ3) is 12.1. The number of aromatic nitrogens is 8. The molecule has 20 nitrogen and oxygen atoms in total. The highest BCUT2D eigenvalue weighted by atomic mass is 35.5. The van der Waals surface area contributed by atoms with E-state index in [1.807, 2.05) is 20.0 Å². The van der Waals surface area contributed by atoms with Crippen molar-refractivity contribution in [2.24, 2.45) is 0 Å². The van der Waals surface area contributed by atoms with Gasteiger partial charge in [0.1, 0.15) is 11.1 Å². The van der Waals surface area contributed by atoms with Crippen LogP contribution in [0.2, 0.25) is 10.0 Å². The lowest BCUT2D eigenvalue weighted by molar-refractivity contribution is -0.139. The van der Waals surface area contributed by atoms with Crippen molar-refractivity contribution in [1.29, 1.82) is 0 Å². The molecule has 0 radical (unpaired) electrons. The predicted molar refractivity (Wildman–Crippen MR) is 257 cm³/mol. The van der Waals surface area contributed by atoms with Crippen molar-refractivity contribution in [3.63, 3.8) is 0 Å². The summed E-state index contributed by atoms with van der Waals surface area (Å²) in [5.41, 5.74) is -5.42. The summed E-state index contributed by atoms with van der Waals surface area (Å²) < 4.78 is 94.1. The van der Waals surface area contributed by atoms with Gasteiger partial charge in [0.2, 0.25) is 23.7 Å². The molecular weight excluding hydrogens is 1030 g/mol. The van der Waals surface area contributed by atoms with Crippen LogP contribution in [0, 0.1) is 0 Å². The van der Waals surface area contributed by atoms with E-state index < -0.39 is 34.6 Å². The first-order valence-corrected chi connectivity index (χ1v) is 25.3. The summed E-state index contributed by atoms with van der Waals surface area (Å²) in [7, 11) is 0. The first-order chi connectivity index (χ1) is 35.4. The van der Waals surface area contributed by atoms with Crippen LogP contribution in [0.15, 0.2) is 46.8 Å². The van der Waals surface area contributed by atoms with Gasteiger partial charge in [-0.15, -0.1) is 0 Å². The lowest BCUT2D eigenvalue weighted by Gasteiger charge is -2.35. The van der Waals surface area contributed by atoms with Crippen LogP contribution < -0.4 is 30.7 Å². The number of aromatic amines is 2. The lowest BCUT2D eigenvalue weighted by atomic mass is 10.0. The largest absolute Gasteiger partial charge is 0.423 e. The molecule has 10 heterocycles. The Kier molecular flexibility index (Phi) is 16.1. The van der Waals surface area contributed by atoms with E-state index in [2.05, 4.69) is 30.1 Å². The summed E-state index contributed by atoms with van der Waals surface area (Å²) in [5, 5.41) is 11.9. The molecule has 0 saturated carbocycles. The number of carbonyl (C=O) groups excluding carboxylic acids is 2. The molecule has 0 spiro atoms. The van der Waals surface area contributed by atoms with Gasteiger partial charge in [-0.1, -0.05) is 23.2 Å². The van der Waals surface area contributed by atoms with E-state index in [0.717, 1.165) is 12.4 Å². The van der Waals surface area contributed by atoms with Gasteiger partial charge in [-0.25, -0.2) is 30.1 Å². The summed E-state index contributed by atoms with van der Waals surface area (Å²) >= 11 is 11.7. The Morgan fingerprint density at radius 3 is 1.26 bits per heavy atom. The van der Waals surface area contributed by atoms with Gasteiger partial charge >= 0.3 is 12.4 Å². The number of H-pyrrole nitrogens is 2. The standard InChI is InChI=1S/2C23H27ClF3N7O3/c2*24-14-11-28-22(29-12-14)33-8-6-32(7-9-33)19(35)10-15-3-4-18(37-15)16-2-1-5-34(16)17-13-30-31-21(36)20(17)23(25,26)27/h2*11-13,15-16,18H,1-10H2,(H,31,36)/t15-,16+,18+;15-,16-,18-/m10/s1. The number of ether oxygens (including phenoxy) is 2. The molecule has 0 bridgehead atoms. The quantitative estimate of drug-likeness (QED) is 0.201. The van der Waals surface area contributed by atoms with E-state index in [9.17, 15) is 45.5 Å². The molecule has 0 aromatic carbocycles. The SMILES string of the molecule is O=C(C[C@@H]1CC[C@@H]([C@@H]2CCCN2c2cn[nH]c(=O)c2C(F)(F)F)O1)N1CCN(c2ncc(Cl)cn2)CC1.O=C(C[C@H]1CC[C@@H]([C@@H]2CCCN2c2cn[nH]c(=O)c2C(F)(F)F)O1)N1CCN(c2ncc(Cl)cn2)CC1. The van der Waals surface area contributed by atoms with E-state index in [-0.39, 0.29) is 72.5 Å². The smallest absolute Gasteiger partial charge is 0.372 e. The molecule has 6 atom stereocenters. The zero-order valence-corrected chi connectivity index (χ0v) is 41.4. The van der Waals surface area contributed by atoms with E-state index in [0.29, 0.717) is 139 Å². The predicted octanol–water partition coefficient (Wildman–Crippen LogP) is 4.97. The molecule has 0 unspecified atom stereocenters. The van der Waals surface area contributed by atoms with Crippen LogP contribution >= 0.6 is 23.2 Å². The average Bonchev–Trinajstić information content (AvgIpc) is 4.23. The van der Waals surface area contributed by atoms with Crippen molar-refractivity contribution in [2.45, 2.75) is 113 Å². The van der Waals surface area contributed by atoms with Gasteiger partial charge < -0.3 is 38.9 Å². The fraction of sp³-hybridized carbons (Fsp3) is 0.609. The van der Waals surface area contributed by atoms with E-state index in [1.165, 1.54) is 24.8 Å². The minimum atomic E-state index is -4.80. The molecule has 28 heteroatoms. The van der Waals surface area contributed by atoms with E-state index >= 15 is 0 Å². The summed E-state index contributed by atoms with van der Waals surface area (Å²) in [6, 6.07) is -0.625. The van der Waals surface area contributed by atoms with Crippen LogP contribution in [0.4, 0.5) is 49.6 Å². The number of nitrogens with zero attached hydrogens (tertiary/aromatic N) is 12. The minimum Gasteiger partial charge on any atom is -0.372 e. The van der Waals surface area contributed by atoms with Crippen LogP contribution in [-0.4, -0.2) is 164 Å². The van der Waals surface area contributed by atoms with Crippen molar-refractivity contribution in [1.82, 2.24) is 50.1 Å². The lowest BCUT2D eigenvalue weighted by Crippen LogP contribution is -2.49. The molecule has 10 rings (SSSR count). The topological polar surface area (TPSA) is 215 Å². The fourth-order valence-electron chi connectivity index (χ4n) is 10.9. The Morgan fingerprint density at radius 2 is 0.905 bits per heavy atom. The number of hydrogen-bond donors (Lipinski definition) is 2. The van der Waals surface area contributed by atoms with Gasteiger partial charge in [0, 0.05) is 65.4 Å². The summed E-state index contributed by atoms with van der Waals surface area (Å²) in [6.45, 7) is 5.30. The number of carbonyl (C=O) groups is 2. The highest BCUT2D eigenvalue weighted by Gasteiger charge is 2.46.